The Morgan fingerprint density at radius 2 is 1.21 bits per heavy atom. The van der Waals surface area contributed by atoms with Gasteiger partial charge in [-0.15, -0.1) is 0 Å². The number of rotatable bonds is 10. The van der Waals surface area contributed by atoms with Crippen molar-refractivity contribution >= 4 is 22.3 Å². The number of thiazole rings is 1. The molecule has 0 spiro atoms. The summed E-state index contributed by atoms with van der Waals surface area (Å²) < 4.78 is 10.7. The van der Waals surface area contributed by atoms with Crippen LogP contribution >= 0.6 is 11.3 Å². The fourth-order valence-corrected chi connectivity index (χ4v) is 5.25. The van der Waals surface area contributed by atoms with Crippen molar-refractivity contribution in [2.24, 2.45) is 0 Å². The highest BCUT2D eigenvalue weighted by atomic mass is 32.1. The molecule has 5 rings (SSSR count). The number of carbonyl (C=O) groups excluding carboxylic acids is 1. The maximum Gasteiger partial charge on any atom is 0.205 e. The standard InChI is InChI=1S/C32H28N2O3S/c1-36-27-17-13-23(14-18-27)21-34(22-24-15-19-28(37-2)20-16-24)32-33-29(25-9-5-3-6-10-25)31(38-32)30(35)26-11-7-4-8-12-26/h3-20H,21-22H2,1-2H3. The lowest BCUT2D eigenvalue weighted by Gasteiger charge is -2.22. The van der Waals surface area contributed by atoms with Crippen LogP contribution < -0.4 is 14.4 Å². The molecule has 0 unspecified atom stereocenters. The number of nitrogens with zero attached hydrogens (tertiary/aromatic N) is 2. The first-order valence-corrected chi connectivity index (χ1v) is 13.1. The summed E-state index contributed by atoms with van der Waals surface area (Å²) in [6.07, 6.45) is 0. The van der Waals surface area contributed by atoms with E-state index in [0.29, 0.717) is 29.2 Å². The molecular weight excluding hydrogens is 492 g/mol. The number of hydrogen-bond donors (Lipinski definition) is 0. The molecule has 6 heteroatoms. The molecule has 190 valence electrons. The van der Waals surface area contributed by atoms with E-state index in [0.717, 1.165) is 33.3 Å². The van der Waals surface area contributed by atoms with Crippen molar-refractivity contribution in [3.63, 3.8) is 0 Å². The maximum absolute atomic E-state index is 13.7. The molecular formula is C32H28N2O3S. The fraction of sp³-hybridized carbons (Fsp3) is 0.125. The summed E-state index contributed by atoms with van der Waals surface area (Å²) in [6.45, 7) is 1.24. The van der Waals surface area contributed by atoms with Crippen LogP contribution in [0.2, 0.25) is 0 Å². The van der Waals surface area contributed by atoms with Gasteiger partial charge in [0.05, 0.1) is 19.9 Å². The molecule has 0 radical (unpaired) electrons. The third-order valence-electron chi connectivity index (χ3n) is 6.24. The molecule has 38 heavy (non-hydrogen) atoms. The van der Waals surface area contributed by atoms with Gasteiger partial charge in [0.25, 0.3) is 0 Å². The highest BCUT2D eigenvalue weighted by molar-refractivity contribution is 7.18. The topological polar surface area (TPSA) is 51.7 Å². The first-order valence-electron chi connectivity index (χ1n) is 12.3. The van der Waals surface area contributed by atoms with Gasteiger partial charge in [0.1, 0.15) is 16.4 Å². The van der Waals surface area contributed by atoms with E-state index in [1.165, 1.54) is 11.3 Å². The summed E-state index contributed by atoms with van der Waals surface area (Å²) in [5, 5.41) is 0.787. The molecule has 4 aromatic carbocycles. The van der Waals surface area contributed by atoms with Crippen molar-refractivity contribution in [2.45, 2.75) is 13.1 Å². The van der Waals surface area contributed by atoms with Gasteiger partial charge in [-0.05, 0) is 35.4 Å². The molecule has 0 fully saturated rings. The summed E-state index contributed by atoms with van der Waals surface area (Å²) >= 11 is 1.44. The largest absolute Gasteiger partial charge is 0.497 e. The monoisotopic (exact) mass is 520 g/mol. The van der Waals surface area contributed by atoms with Crippen molar-refractivity contribution in [3.05, 3.63) is 131 Å². The number of ether oxygens (including phenoxy) is 2. The average molecular weight is 521 g/mol. The minimum atomic E-state index is -0.0259. The summed E-state index contributed by atoms with van der Waals surface area (Å²) in [5.41, 5.74) is 4.51. The Bertz CT molecular complexity index is 1430. The highest BCUT2D eigenvalue weighted by Crippen LogP contribution is 2.36. The van der Waals surface area contributed by atoms with Crippen molar-refractivity contribution in [1.82, 2.24) is 4.98 Å². The molecule has 5 aromatic rings. The van der Waals surface area contributed by atoms with E-state index in [1.54, 1.807) is 14.2 Å². The Kier molecular flexibility index (Phi) is 7.81. The fourth-order valence-electron chi connectivity index (χ4n) is 4.20. The predicted molar refractivity (Wildman–Crippen MR) is 153 cm³/mol. The number of methoxy groups -OCH3 is 2. The molecule has 0 amide bonds. The molecule has 5 nitrogen and oxygen atoms in total. The van der Waals surface area contributed by atoms with Gasteiger partial charge in [0, 0.05) is 24.2 Å². The van der Waals surface area contributed by atoms with Crippen LogP contribution in [-0.2, 0) is 13.1 Å². The second-order valence-electron chi connectivity index (χ2n) is 8.79. The minimum absolute atomic E-state index is 0.0259. The molecule has 0 aliphatic heterocycles. The third-order valence-corrected chi connectivity index (χ3v) is 7.36. The van der Waals surface area contributed by atoms with Gasteiger partial charge in [0.2, 0.25) is 5.78 Å². The molecule has 0 saturated heterocycles. The lowest BCUT2D eigenvalue weighted by molar-refractivity contribution is 0.104. The first kappa shape index (κ1) is 25.2. The molecule has 0 bridgehead atoms. The van der Waals surface area contributed by atoms with E-state index < -0.39 is 0 Å². The van der Waals surface area contributed by atoms with Crippen LogP contribution in [0.1, 0.15) is 26.4 Å². The van der Waals surface area contributed by atoms with Crippen molar-refractivity contribution < 1.29 is 14.3 Å². The molecule has 0 saturated carbocycles. The summed E-state index contributed by atoms with van der Waals surface area (Å²) in [4.78, 5) is 21.6. The van der Waals surface area contributed by atoms with Crippen LogP contribution in [0.3, 0.4) is 0 Å². The zero-order valence-electron chi connectivity index (χ0n) is 21.3. The Balaban J connectivity index is 1.56. The van der Waals surface area contributed by atoms with E-state index in [1.807, 2.05) is 84.9 Å². The smallest absolute Gasteiger partial charge is 0.205 e. The molecule has 1 heterocycles. The zero-order valence-corrected chi connectivity index (χ0v) is 22.2. The van der Waals surface area contributed by atoms with Crippen LogP contribution in [0, 0.1) is 0 Å². The number of carbonyl (C=O) groups is 1. The Labute approximate surface area is 226 Å². The average Bonchev–Trinajstić information content (AvgIpc) is 3.44. The summed E-state index contributed by atoms with van der Waals surface area (Å²) in [5.74, 6) is 1.60. The van der Waals surface area contributed by atoms with E-state index >= 15 is 0 Å². The van der Waals surface area contributed by atoms with Crippen LogP contribution in [0.15, 0.2) is 109 Å². The number of ketones is 1. The minimum Gasteiger partial charge on any atom is -0.497 e. The van der Waals surface area contributed by atoms with E-state index in [-0.39, 0.29) is 5.78 Å². The third kappa shape index (κ3) is 5.76. The van der Waals surface area contributed by atoms with Crippen LogP contribution in [0.4, 0.5) is 5.13 Å². The van der Waals surface area contributed by atoms with Gasteiger partial charge in [-0.1, -0.05) is 96.3 Å². The van der Waals surface area contributed by atoms with Gasteiger partial charge in [-0.3, -0.25) is 4.79 Å². The summed E-state index contributed by atoms with van der Waals surface area (Å²) in [6, 6.07) is 35.4. The Morgan fingerprint density at radius 1 is 0.711 bits per heavy atom. The second kappa shape index (κ2) is 11.8. The molecule has 1 aromatic heterocycles. The second-order valence-corrected chi connectivity index (χ2v) is 9.77. The van der Waals surface area contributed by atoms with Crippen LogP contribution in [0.25, 0.3) is 11.3 Å². The number of anilines is 1. The Morgan fingerprint density at radius 3 is 1.71 bits per heavy atom. The van der Waals surface area contributed by atoms with Crippen molar-refractivity contribution in [3.8, 4) is 22.8 Å². The zero-order chi connectivity index (χ0) is 26.3. The quantitative estimate of drug-likeness (QED) is 0.181. The van der Waals surface area contributed by atoms with Crippen molar-refractivity contribution in [2.75, 3.05) is 19.1 Å². The number of benzene rings is 4. The van der Waals surface area contributed by atoms with E-state index in [9.17, 15) is 4.79 Å². The highest BCUT2D eigenvalue weighted by Gasteiger charge is 2.23. The molecule has 0 N–H and O–H groups in total. The van der Waals surface area contributed by atoms with Gasteiger partial charge in [-0.25, -0.2) is 4.98 Å². The van der Waals surface area contributed by atoms with E-state index in [4.69, 9.17) is 14.5 Å². The van der Waals surface area contributed by atoms with Crippen molar-refractivity contribution in [1.29, 1.82) is 0 Å². The Hall–Kier alpha value is -4.42. The maximum atomic E-state index is 13.7. The van der Waals surface area contributed by atoms with Crippen LogP contribution in [0.5, 0.6) is 11.5 Å². The van der Waals surface area contributed by atoms with Gasteiger partial charge in [-0.2, -0.15) is 0 Å². The van der Waals surface area contributed by atoms with Gasteiger partial charge < -0.3 is 14.4 Å². The summed E-state index contributed by atoms with van der Waals surface area (Å²) in [7, 11) is 3.33. The number of hydrogen-bond acceptors (Lipinski definition) is 6. The number of aromatic nitrogens is 1. The molecule has 0 aliphatic carbocycles. The van der Waals surface area contributed by atoms with Gasteiger partial charge >= 0.3 is 0 Å². The molecule has 0 aliphatic rings. The van der Waals surface area contributed by atoms with Crippen LogP contribution in [-0.4, -0.2) is 25.0 Å². The normalized spacial score (nSPS) is 10.7. The lowest BCUT2D eigenvalue weighted by Crippen LogP contribution is -2.22. The first-order chi connectivity index (χ1) is 18.6. The lowest BCUT2D eigenvalue weighted by atomic mass is 10.1. The predicted octanol–water partition coefficient (Wildman–Crippen LogP) is 7.27. The SMILES string of the molecule is COc1ccc(CN(Cc2ccc(OC)cc2)c2nc(-c3ccccc3)c(C(=O)c3ccccc3)s2)cc1. The molecule has 0 atom stereocenters. The van der Waals surface area contributed by atoms with Gasteiger partial charge in [0.15, 0.2) is 5.13 Å². The van der Waals surface area contributed by atoms with E-state index in [2.05, 4.69) is 29.2 Å².